The molecule has 3 aromatic carbocycles. The second kappa shape index (κ2) is 14.6. The third kappa shape index (κ3) is 6.51. The maximum Gasteiger partial charge on any atom is 0.145 e. The van der Waals surface area contributed by atoms with Crippen LogP contribution in [0, 0.1) is 0 Å². The van der Waals surface area contributed by atoms with Crippen LogP contribution in [0.3, 0.4) is 0 Å². The van der Waals surface area contributed by atoms with Crippen LogP contribution in [-0.2, 0) is 12.8 Å². The number of nitrogens with zero attached hydrogens (tertiary/aromatic N) is 2. The van der Waals surface area contributed by atoms with Crippen LogP contribution < -0.4 is 0 Å². The lowest BCUT2D eigenvalue weighted by atomic mass is 9.81. The summed E-state index contributed by atoms with van der Waals surface area (Å²) in [5, 5.41) is 0. The van der Waals surface area contributed by atoms with Gasteiger partial charge in [0.15, 0.2) is 0 Å². The Hall–Kier alpha value is -5.73. The second-order valence-electron chi connectivity index (χ2n) is 13.7. The summed E-state index contributed by atoms with van der Waals surface area (Å²) in [7, 11) is 0. The van der Waals surface area contributed by atoms with Gasteiger partial charge >= 0.3 is 0 Å². The van der Waals surface area contributed by atoms with E-state index in [-0.39, 0.29) is 0 Å². The van der Waals surface area contributed by atoms with Gasteiger partial charge in [-0.3, -0.25) is 4.57 Å². The van der Waals surface area contributed by atoms with E-state index >= 15 is 0 Å². The number of fused-ring (bicyclic) bond motifs is 2. The number of hydrogen-bond acceptors (Lipinski definition) is 1. The molecule has 250 valence electrons. The molecule has 1 aromatic heterocycles. The van der Waals surface area contributed by atoms with Gasteiger partial charge in [0.05, 0.1) is 11.4 Å². The lowest BCUT2D eigenvalue weighted by Gasteiger charge is -2.24. The first kappa shape index (κ1) is 32.5. The van der Waals surface area contributed by atoms with Gasteiger partial charge in [0, 0.05) is 11.3 Å². The van der Waals surface area contributed by atoms with Crippen molar-refractivity contribution in [1.82, 2.24) is 9.55 Å². The fourth-order valence-corrected chi connectivity index (χ4v) is 8.04. The Bertz CT molecular complexity index is 2250. The maximum absolute atomic E-state index is 5.26. The standard InChI is InChI=1S/C49H44N2/c1-3-43-44(4-2)46(41-30-27-35-17-15-16-20-39(35)33-41)24-14-6-5-13-23-45(43)37-28-25-36(26-29-37)40-31-32-48-47(34-40)50-49(38-18-9-7-10-19-38)51(48)42-21-11-8-12-22-42/h3-4,7-25,28,33-34H,1-2,5-6,26-27,29-32H2/b23-13+,24-14+,45-43+,46-44+. The highest BCUT2D eigenvalue weighted by molar-refractivity contribution is 5.72. The molecule has 0 amide bonds. The van der Waals surface area contributed by atoms with Crippen LogP contribution in [0.2, 0.25) is 0 Å². The quantitative estimate of drug-likeness (QED) is 0.193. The zero-order chi connectivity index (χ0) is 34.6. The van der Waals surface area contributed by atoms with E-state index in [1.165, 1.54) is 50.3 Å². The van der Waals surface area contributed by atoms with Gasteiger partial charge < -0.3 is 0 Å². The van der Waals surface area contributed by atoms with Crippen molar-refractivity contribution in [2.24, 2.45) is 0 Å². The Labute approximate surface area is 303 Å². The van der Waals surface area contributed by atoms with E-state index < -0.39 is 0 Å². The smallest absolute Gasteiger partial charge is 0.145 e. The molecule has 1 heterocycles. The normalized spacial score (nSPS) is 21.6. The van der Waals surface area contributed by atoms with Crippen molar-refractivity contribution < 1.29 is 0 Å². The predicted molar refractivity (Wildman–Crippen MR) is 215 cm³/mol. The Morgan fingerprint density at radius 2 is 1.18 bits per heavy atom. The summed E-state index contributed by atoms with van der Waals surface area (Å²) in [6.45, 7) is 8.70. The van der Waals surface area contributed by atoms with Crippen LogP contribution in [-0.4, -0.2) is 9.55 Å². The number of rotatable bonds is 7. The molecule has 2 nitrogen and oxygen atoms in total. The van der Waals surface area contributed by atoms with E-state index in [2.05, 4.69) is 151 Å². The highest BCUT2D eigenvalue weighted by Crippen LogP contribution is 2.40. The van der Waals surface area contributed by atoms with Crippen molar-refractivity contribution in [2.45, 2.75) is 51.4 Å². The second-order valence-corrected chi connectivity index (χ2v) is 13.7. The summed E-state index contributed by atoms with van der Waals surface area (Å²) < 4.78 is 2.36. The van der Waals surface area contributed by atoms with E-state index in [0.29, 0.717) is 0 Å². The highest BCUT2D eigenvalue weighted by atomic mass is 15.1. The van der Waals surface area contributed by atoms with Crippen molar-refractivity contribution in [3.05, 3.63) is 214 Å². The van der Waals surface area contributed by atoms with Crippen LogP contribution in [0.5, 0.6) is 0 Å². The summed E-state index contributed by atoms with van der Waals surface area (Å²) in [5.41, 5.74) is 17.8. The van der Waals surface area contributed by atoms with Crippen LogP contribution in [0.15, 0.2) is 191 Å². The Balaban J connectivity index is 1.17. The molecule has 0 saturated carbocycles. The summed E-state index contributed by atoms with van der Waals surface area (Å²) in [5.74, 6) is 1.00. The first-order valence-electron chi connectivity index (χ1n) is 18.4. The van der Waals surface area contributed by atoms with Gasteiger partial charge in [0.2, 0.25) is 0 Å². The molecule has 2 heteroatoms. The lowest BCUT2D eigenvalue weighted by molar-refractivity contribution is 0.827. The molecule has 0 bridgehead atoms. The minimum Gasteiger partial charge on any atom is -0.296 e. The molecule has 4 aromatic rings. The van der Waals surface area contributed by atoms with Crippen molar-refractivity contribution in [3.8, 4) is 17.1 Å². The minimum atomic E-state index is 0.961. The van der Waals surface area contributed by atoms with Gasteiger partial charge in [-0.1, -0.05) is 141 Å². The summed E-state index contributed by atoms with van der Waals surface area (Å²) in [6, 6.07) is 30.0. The molecular formula is C49H44N2. The molecule has 8 rings (SSSR count). The number of aromatic nitrogens is 2. The number of benzene rings is 3. The van der Waals surface area contributed by atoms with E-state index in [1.807, 2.05) is 12.2 Å². The fraction of sp³-hybridized carbons (Fsp3) is 0.163. The SMILES string of the molecule is C=CC1=C(C2=CC=C(C3=Cc4nc(-c5ccccc5)n(-c5ccccc5)c4CC3)CC2)/C=C/CC/C=C/C(C2=Cc3ccccc3CC2)=C\1C=C. The summed E-state index contributed by atoms with van der Waals surface area (Å²) >= 11 is 0. The number of aryl methyl sites for hydroxylation is 1. The van der Waals surface area contributed by atoms with Crippen molar-refractivity contribution in [3.63, 3.8) is 0 Å². The maximum atomic E-state index is 5.26. The van der Waals surface area contributed by atoms with E-state index in [1.54, 1.807) is 0 Å². The van der Waals surface area contributed by atoms with E-state index in [9.17, 15) is 0 Å². The van der Waals surface area contributed by atoms with Crippen molar-refractivity contribution >= 4 is 12.2 Å². The molecule has 0 unspecified atom stereocenters. The Morgan fingerprint density at radius 3 is 1.88 bits per heavy atom. The van der Waals surface area contributed by atoms with Crippen molar-refractivity contribution in [2.75, 3.05) is 0 Å². The van der Waals surface area contributed by atoms with Gasteiger partial charge in [0.1, 0.15) is 5.82 Å². The molecule has 0 radical (unpaired) electrons. The average Bonchev–Trinajstić information content (AvgIpc) is 3.59. The molecule has 0 N–H and O–H groups in total. The molecule has 0 spiro atoms. The zero-order valence-corrected chi connectivity index (χ0v) is 29.3. The van der Waals surface area contributed by atoms with Gasteiger partial charge in [-0.2, -0.15) is 0 Å². The average molecular weight is 661 g/mol. The molecule has 51 heavy (non-hydrogen) atoms. The van der Waals surface area contributed by atoms with Crippen LogP contribution in [0.4, 0.5) is 0 Å². The monoisotopic (exact) mass is 660 g/mol. The van der Waals surface area contributed by atoms with Gasteiger partial charge in [-0.05, 0) is 125 Å². The third-order valence-corrected chi connectivity index (χ3v) is 10.6. The highest BCUT2D eigenvalue weighted by Gasteiger charge is 2.25. The number of imidazole rings is 1. The van der Waals surface area contributed by atoms with Gasteiger partial charge in [0.25, 0.3) is 0 Å². The van der Waals surface area contributed by atoms with E-state index in [0.717, 1.165) is 85.3 Å². The first-order valence-corrected chi connectivity index (χ1v) is 18.4. The topological polar surface area (TPSA) is 17.8 Å². The molecular weight excluding hydrogens is 617 g/mol. The molecule has 4 aliphatic rings. The van der Waals surface area contributed by atoms with Crippen molar-refractivity contribution in [1.29, 1.82) is 0 Å². The minimum absolute atomic E-state index is 0.961. The predicted octanol–water partition coefficient (Wildman–Crippen LogP) is 12.4. The van der Waals surface area contributed by atoms with Gasteiger partial charge in [-0.15, -0.1) is 0 Å². The number of para-hydroxylation sites is 1. The Kier molecular flexibility index (Phi) is 9.32. The van der Waals surface area contributed by atoms with Gasteiger partial charge in [-0.25, -0.2) is 4.98 Å². The summed E-state index contributed by atoms with van der Waals surface area (Å²) in [4.78, 5) is 5.26. The first-order chi connectivity index (χ1) is 25.2. The molecule has 0 saturated heterocycles. The number of hydrogen-bond donors (Lipinski definition) is 0. The molecule has 0 aliphatic heterocycles. The molecule has 4 aliphatic carbocycles. The van der Waals surface area contributed by atoms with Crippen LogP contribution >= 0.6 is 0 Å². The fourth-order valence-electron chi connectivity index (χ4n) is 8.04. The zero-order valence-electron chi connectivity index (χ0n) is 29.3. The lowest BCUT2D eigenvalue weighted by Crippen LogP contribution is -2.08. The Morgan fingerprint density at radius 1 is 0.569 bits per heavy atom. The summed E-state index contributed by atoms with van der Waals surface area (Å²) in [6.07, 6.45) is 30.9. The number of allylic oxidation sites excluding steroid dienone is 16. The molecule has 0 atom stereocenters. The van der Waals surface area contributed by atoms with E-state index in [4.69, 9.17) is 4.98 Å². The molecule has 0 fully saturated rings. The van der Waals surface area contributed by atoms with Crippen LogP contribution in [0.1, 0.15) is 61.0 Å². The third-order valence-electron chi connectivity index (χ3n) is 10.6. The van der Waals surface area contributed by atoms with Crippen LogP contribution in [0.25, 0.3) is 29.2 Å². The largest absolute Gasteiger partial charge is 0.296 e.